The van der Waals surface area contributed by atoms with E-state index in [-0.39, 0.29) is 0 Å². The molecular formula is C14H20N4. The van der Waals surface area contributed by atoms with E-state index in [0.717, 1.165) is 29.8 Å². The largest absolute Gasteiger partial charge is 0.394 e. The Hall–Kier alpha value is -1.83. The van der Waals surface area contributed by atoms with Crippen LogP contribution in [-0.4, -0.2) is 27.7 Å². The lowest BCUT2D eigenvalue weighted by Gasteiger charge is -2.10. The maximum atomic E-state index is 9.08. The van der Waals surface area contributed by atoms with Gasteiger partial charge < -0.3 is 16.0 Å². The number of nitrogens with zero attached hydrogens (tertiary/aromatic N) is 1. The van der Waals surface area contributed by atoms with Crippen LogP contribution in [0.15, 0.2) is 24.4 Å². The van der Waals surface area contributed by atoms with Crippen LogP contribution in [0.3, 0.4) is 0 Å². The van der Waals surface area contributed by atoms with Gasteiger partial charge in [-0.3, -0.25) is 0 Å². The molecule has 0 aliphatic rings. The van der Waals surface area contributed by atoms with Crippen molar-refractivity contribution in [2.24, 2.45) is 0 Å². The molecule has 0 spiro atoms. The van der Waals surface area contributed by atoms with Gasteiger partial charge in [-0.1, -0.05) is 0 Å². The molecule has 0 aliphatic carbocycles. The third-order valence-corrected chi connectivity index (χ3v) is 2.56. The molecule has 1 rings (SSSR count). The third-order valence-electron chi connectivity index (χ3n) is 2.56. The van der Waals surface area contributed by atoms with E-state index in [2.05, 4.69) is 28.1 Å². The Morgan fingerprint density at radius 1 is 1.22 bits per heavy atom. The van der Waals surface area contributed by atoms with E-state index < -0.39 is 0 Å². The van der Waals surface area contributed by atoms with Crippen LogP contribution in [0, 0.1) is 11.3 Å². The van der Waals surface area contributed by atoms with E-state index in [1.54, 1.807) is 0 Å². The number of nitrogens with one attached hydrogen (secondary N) is 3. The topological polar surface area (TPSA) is 59.9 Å². The fraction of sp³-hybridized carbons (Fsp3) is 0.357. The first-order valence-electron chi connectivity index (χ1n) is 5.95. The molecule has 96 valence electrons. The van der Waals surface area contributed by atoms with Crippen molar-refractivity contribution in [1.82, 2.24) is 16.0 Å². The van der Waals surface area contributed by atoms with Crippen LogP contribution in [0.2, 0.25) is 0 Å². The average molecular weight is 244 g/mol. The minimum absolute atomic E-state index is 0.691. The van der Waals surface area contributed by atoms with Gasteiger partial charge in [-0.2, -0.15) is 5.26 Å². The highest BCUT2D eigenvalue weighted by molar-refractivity contribution is 5.68. The minimum atomic E-state index is 0.691. The van der Waals surface area contributed by atoms with Crippen molar-refractivity contribution in [3.63, 3.8) is 0 Å². The Morgan fingerprint density at radius 3 is 2.56 bits per heavy atom. The Morgan fingerprint density at radius 2 is 2.00 bits per heavy atom. The number of rotatable bonds is 6. The monoisotopic (exact) mass is 244 g/mol. The van der Waals surface area contributed by atoms with Crippen molar-refractivity contribution in [2.45, 2.75) is 6.54 Å². The Labute approximate surface area is 109 Å². The maximum absolute atomic E-state index is 9.08. The van der Waals surface area contributed by atoms with Crippen LogP contribution < -0.4 is 16.0 Å². The number of hydrogen-bond acceptors (Lipinski definition) is 4. The summed E-state index contributed by atoms with van der Waals surface area (Å²) in [5.74, 6) is 0. The first-order valence-corrected chi connectivity index (χ1v) is 5.95. The van der Waals surface area contributed by atoms with Gasteiger partial charge in [0.1, 0.15) is 0 Å². The predicted octanol–water partition coefficient (Wildman–Crippen LogP) is 1.06. The van der Waals surface area contributed by atoms with Crippen molar-refractivity contribution in [3.8, 4) is 6.07 Å². The lowest BCUT2D eigenvalue weighted by atomic mass is 10.0. The van der Waals surface area contributed by atoms with Crippen LogP contribution in [0.1, 0.15) is 16.7 Å². The van der Waals surface area contributed by atoms with E-state index in [1.165, 1.54) is 0 Å². The molecule has 0 saturated carbocycles. The third kappa shape index (κ3) is 3.88. The van der Waals surface area contributed by atoms with Gasteiger partial charge in [-0.15, -0.1) is 0 Å². The molecule has 4 heteroatoms. The summed E-state index contributed by atoms with van der Waals surface area (Å²) in [5.41, 5.74) is 4.01. The second-order valence-corrected chi connectivity index (χ2v) is 4.05. The molecule has 0 fully saturated rings. The number of benzene rings is 1. The molecule has 0 bridgehead atoms. The van der Waals surface area contributed by atoms with Crippen LogP contribution >= 0.6 is 0 Å². The van der Waals surface area contributed by atoms with Crippen LogP contribution in [-0.2, 0) is 6.54 Å². The zero-order chi connectivity index (χ0) is 13.4. The molecule has 0 heterocycles. The highest BCUT2D eigenvalue weighted by atomic mass is 14.8. The van der Waals surface area contributed by atoms with Crippen molar-refractivity contribution in [2.75, 3.05) is 27.7 Å². The van der Waals surface area contributed by atoms with Crippen molar-refractivity contribution in [1.29, 1.82) is 5.26 Å². The van der Waals surface area contributed by atoms with Gasteiger partial charge in [-0.25, -0.2) is 0 Å². The van der Waals surface area contributed by atoms with Gasteiger partial charge >= 0.3 is 0 Å². The Bertz CT molecular complexity index is 457. The van der Waals surface area contributed by atoms with E-state index >= 15 is 0 Å². The van der Waals surface area contributed by atoms with Gasteiger partial charge in [0.25, 0.3) is 0 Å². The van der Waals surface area contributed by atoms with Crippen molar-refractivity contribution in [3.05, 3.63) is 41.1 Å². The molecule has 0 amide bonds. The van der Waals surface area contributed by atoms with E-state index in [0.29, 0.717) is 5.56 Å². The molecule has 0 aliphatic heterocycles. The summed E-state index contributed by atoms with van der Waals surface area (Å²) in [6.07, 6.45) is 1.95. The number of nitriles is 1. The quantitative estimate of drug-likeness (QED) is 0.700. The van der Waals surface area contributed by atoms with Gasteiger partial charge in [0.05, 0.1) is 11.6 Å². The average Bonchev–Trinajstić information content (AvgIpc) is 2.38. The van der Waals surface area contributed by atoms with E-state index in [1.807, 2.05) is 39.5 Å². The Balaban J connectivity index is 3.16. The zero-order valence-corrected chi connectivity index (χ0v) is 11.2. The molecule has 4 nitrogen and oxygen atoms in total. The first-order chi connectivity index (χ1) is 8.74. The molecule has 0 unspecified atom stereocenters. The normalized spacial score (nSPS) is 11.1. The van der Waals surface area contributed by atoms with Crippen LogP contribution in [0.5, 0.6) is 0 Å². The molecule has 0 atom stereocenters. The molecule has 0 radical (unpaired) electrons. The lowest BCUT2D eigenvalue weighted by Crippen LogP contribution is -2.13. The summed E-state index contributed by atoms with van der Waals surface area (Å²) in [5, 5.41) is 18.4. The second kappa shape index (κ2) is 7.49. The summed E-state index contributed by atoms with van der Waals surface area (Å²) in [6, 6.07) is 8.15. The zero-order valence-electron chi connectivity index (χ0n) is 11.2. The first kappa shape index (κ1) is 14.2. The van der Waals surface area contributed by atoms with Crippen molar-refractivity contribution < 1.29 is 0 Å². The molecule has 3 N–H and O–H groups in total. The molecule has 1 aromatic rings. The number of likely N-dealkylation sites (N-methyl/N-ethyl adjacent to an activating group) is 1. The van der Waals surface area contributed by atoms with Gasteiger partial charge in [0.15, 0.2) is 0 Å². The highest BCUT2D eigenvalue weighted by Crippen LogP contribution is 2.17. The van der Waals surface area contributed by atoms with Crippen molar-refractivity contribution >= 4 is 5.57 Å². The second-order valence-electron chi connectivity index (χ2n) is 4.05. The van der Waals surface area contributed by atoms with Crippen LogP contribution in [0.4, 0.5) is 0 Å². The minimum Gasteiger partial charge on any atom is -0.394 e. The maximum Gasteiger partial charge on any atom is 0.0991 e. The number of hydrogen-bond donors (Lipinski definition) is 3. The SMILES string of the molecule is CN/C=C(\CNC)c1cc(C#N)cc(CNC)c1. The van der Waals surface area contributed by atoms with E-state index in [9.17, 15) is 0 Å². The summed E-state index contributed by atoms with van der Waals surface area (Å²) < 4.78 is 0. The van der Waals surface area contributed by atoms with E-state index in [4.69, 9.17) is 5.26 Å². The molecule has 0 aromatic heterocycles. The smallest absolute Gasteiger partial charge is 0.0991 e. The fourth-order valence-corrected chi connectivity index (χ4v) is 1.85. The van der Waals surface area contributed by atoms with Gasteiger partial charge in [0.2, 0.25) is 0 Å². The molecule has 0 saturated heterocycles. The summed E-state index contributed by atoms with van der Waals surface area (Å²) >= 11 is 0. The molecular weight excluding hydrogens is 224 g/mol. The fourth-order valence-electron chi connectivity index (χ4n) is 1.85. The standard InChI is InChI=1S/C14H20N4/c1-16-8-12-4-11(7-15)5-13(6-12)14(9-17-2)10-18-3/h4-6,9,16-18H,8,10H2,1-3H3/b14-9+. The Kier molecular flexibility index (Phi) is 5.92. The lowest BCUT2D eigenvalue weighted by molar-refractivity contribution is 0.817. The summed E-state index contributed by atoms with van der Waals surface area (Å²) in [6.45, 7) is 1.52. The summed E-state index contributed by atoms with van der Waals surface area (Å²) in [7, 11) is 5.68. The predicted molar refractivity (Wildman–Crippen MR) is 74.9 cm³/mol. The van der Waals surface area contributed by atoms with Crippen LogP contribution in [0.25, 0.3) is 5.57 Å². The van der Waals surface area contributed by atoms with Gasteiger partial charge in [-0.05, 0) is 49.0 Å². The van der Waals surface area contributed by atoms with Gasteiger partial charge in [0, 0.05) is 26.3 Å². The summed E-state index contributed by atoms with van der Waals surface area (Å²) in [4.78, 5) is 0. The highest BCUT2D eigenvalue weighted by Gasteiger charge is 2.05. The molecule has 18 heavy (non-hydrogen) atoms. The molecule has 1 aromatic carbocycles.